The van der Waals surface area contributed by atoms with Crippen LogP contribution in [0.25, 0.3) is 0 Å². The summed E-state index contributed by atoms with van der Waals surface area (Å²) in [4.78, 5) is 0. The van der Waals surface area contributed by atoms with Crippen molar-refractivity contribution in [1.29, 1.82) is 0 Å². The molecule has 9 heavy (non-hydrogen) atoms. The summed E-state index contributed by atoms with van der Waals surface area (Å²) in [5, 5.41) is 0. The smallest absolute Gasteiger partial charge is 0.0666 e. The van der Waals surface area contributed by atoms with Crippen LogP contribution in [0.1, 0.15) is 13.3 Å². The van der Waals surface area contributed by atoms with Crippen molar-refractivity contribution in [2.75, 3.05) is 18.1 Å². The third-order valence-electron chi connectivity index (χ3n) is 2.34. The Balaban J connectivity index is 1.94. The monoisotopic (exact) mass is 144 g/mol. The minimum Gasteiger partial charge on any atom is -0.377 e. The Kier molecular flexibility index (Phi) is 1.27. The van der Waals surface area contributed by atoms with Gasteiger partial charge in [-0.05, 0) is 6.42 Å². The molecule has 1 nitrogen and oxygen atoms in total. The molecule has 0 amide bonds. The predicted molar refractivity (Wildman–Crippen MR) is 39.8 cm³/mol. The number of ether oxygens (including phenoxy) is 1. The molecule has 2 rings (SSSR count). The largest absolute Gasteiger partial charge is 0.377 e. The molecule has 2 heteroatoms. The fourth-order valence-corrected chi connectivity index (χ4v) is 2.62. The molecule has 2 aliphatic heterocycles. The molecule has 0 aromatic heterocycles. The van der Waals surface area contributed by atoms with Crippen LogP contribution in [0.3, 0.4) is 0 Å². The molecule has 0 N–H and O–H groups in total. The molecular formula is C7H12OS. The van der Waals surface area contributed by atoms with Gasteiger partial charge in [-0.1, -0.05) is 6.92 Å². The maximum absolute atomic E-state index is 5.42. The van der Waals surface area contributed by atoms with E-state index >= 15 is 0 Å². The predicted octanol–water partition coefficient (Wildman–Crippen LogP) is 1.53. The lowest BCUT2D eigenvalue weighted by Crippen LogP contribution is -2.50. The quantitative estimate of drug-likeness (QED) is 0.552. The Bertz CT molecular complexity index is 116. The second-order valence-corrected chi connectivity index (χ2v) is 4.28. The average Bonchev–Trinajstić information content (AvgIpc) is 1.56. The molecule has 0 spiro atoms. The Hall–Kier alpha value is 0.310. The van der Waals surface area contributed by atoms with E-state index in [1.807, 2.05) is 11.8 Å². The van der Waals surface area contributed by atoms with Gasteiger partial charge >= 0.3 is 0 Å². The molecule has 0 saturated carbocycles. The number of hydrogen-bond donors (Lipinski definition) is 0. The number of rotatable bonds is 1. The molecular weight excluding hydrogens is 132 g/mol. The van der Waals surface area contributed by atoms with Crippen LogP contribution in [0.5, 0.6) is 0 Å². The molecule has 2 fully saturated rings. The van der Waals surface area contributed by atoms with E-state index < -0.39 is 0 Å². The van der Waals surface area contributed by atoms with Crippen LogP contribution in [-0.4, -0.2) is 24.2 Å². The average molecular weight is 144 g/mol. The molecule has 2 heterocycles. The van der Waals surface area contributed by atoms with E-state index in [0.717, 1.165) is 6.61 Å². The van der Waals surface area contributed by atoms with Gasteiger partial charge in [0.1, 0.15) is 0 Å². The summed E-state index contributed by atoms with van der Waals surface area (Å²) in [5.74, 6) is 2.63. The van der Waals surface area contributed by atoms with Gasteiger partial charge in [0.15, 0.2) is 0 Å². The van der Waals surface area contributed by atoms with Crippen molar-refractivity contribution in [3.8, 4) is 0 Å². The summed E-state index contributed by atoms with van der Waals surface area (Å²) < 4.78 is 5.42. The lowest BCUT2D eigenvalue weighted by molar-refractivity contribution is -0.109. The van der Waals surface area contributed by atoms with Gasteiger partial charge in [-0.3, -0.25) is 0 Å². The number of hydrogen-bond acceptors (Lipinski definition) is 2. The van der Waals surface area contributed by atoms with E-state index in [0.29, 0.717) is 11.5 Å². The van der Waals surface area contributed by atoms with E-state index in [2.05, 4.69) is 6.92 Å². The zero-order valence-electron chi connectivity index (χ0n) is 5.72. The standard InChI is InChI=1S/C7H12OS/c1-7(4-9-5-7)6-2-3-8-6/h6H,2-5H2,1H3. The van der Waals surface area contributed by atoms with Crippen LogP contribution in [0.4, 0.5) is 0 Å². The maximum atomic E-state index is 5.42. The minimum absolute atomic E-state index is 0.558. The van der Waals surface area contributed by atoms with Gasteiger partial charge in [-0.2, -0.15) is 11.8 Å². The van der Waals surface area contributed by atoms with Gasteiger partial charge < -0.3 is 4.74 Å². The third-order valence-corrected chi connectivity index (χ3v) is 4.07. The topological polar surface area (TPSA) is 9.23 Å². The van der Waals surface area contributed by atoms with Crippen molar-refractivity contribution < 1.29 is 4.74 Å². The van der Waals surface area contributed by atoms with E-state index in [9.17, 15) is 0 Å². The molecule has 0 radical (unpaired) electrons. The second-order valence-electron chi connectivity index (χ2n) is 3.29. The van der Waals surface area contributed by atoms with Crippen LogP contribution in [0, 0.1) is 5.41 Å². The summed E-state index contributed by atoms with van der Waals surface area (Å²) >= 11 is 2.04. The van der Waals surface area contributed by atoms with E-state index in [-0.39, 0.29) is 0 Å². The van der Waals surface area contributed by atoms with Gasteiger partial charge in [0.25, 0.3) is 0 Å². The molecule has 52 valence electrons. The van der Waals surface area contributed by atoms with Gasteiger partial charge in [-0.25, -0.2) is 0 Å². The van der Waals surface area contributed by atoms with Crippen LogP contribution in [0.2, 0.25) is 0 Å². The fraction of sp³-hybridized carbons (Fsp3) is 1.00. The van der Waals surface area contributed by atoms with E-state index in [1.165, 1.54) is 17.9 Å². The molecule has 0 aromatic carbocycles. The maximum Gasteiger partial charge on any atom is 0.0666 e. The Morgan fingerprint density at radius 3 is 2.33 bits per heavy atom. The molecule has 0 aliphatic carbocycles. The highest BCUT2D eigenvalue weighted by Gasteiger charge is 2.44. The normalized spacial score (nSPS) is 39.0. The van der Waals surface area contributed by atoms with Gasteiger partial charge in [0.05, 0.1) is 6.10 Å². The molecule has 0 bridgehead atoms. The Labute approximate surface area is 60.2 Å². The highest BCUT2D eigenvalue weighted by Crippen LogP contribution is 2.45. The van der Waals surface area contributed by atoms with Crippen molar-refractivity contribution in [3.63, 3.8) is 0 Å². The highest BCUT2D eigenvalue weighted by molar-refractivity contribution is 8.00. The van der Waals surface area contributed by atoms with Crippen LogP contribution < -0.4 is 0 Å². The second kappa shape index (κ2) is 1.89. The lowest BCUT2D eigenvalue weighted by Gasteiger charge is -2.48. The van der Waals surface area contributed by atoms with E-state index in [4.69, 9.17) is 4.74 Å². The van der Waals surface area contributed by atoms with Crippen molar-refractivity contribution in [2.45, 2.75) is 19.4 Å². The SMILES string of the molecule is CC1(C2CCO2)CSC1. The van der Waals surface area contributed by atoms with E-state index in [1.54, 1.807) is 0 Å². The van der Waals surface area contributed by atoms with Crippen molar-refractivity contribution in [1.82, 2.24) is 0 Å². The summed E-state index contributed by atoms with van der Waals surface area (Å²) in [6.45, 7) is 3.35. The van der Waals surface area contributed by atoms with Crippen LogP contribution in [-0.2, 0) is 4.74 Å². The van der Waals surface area contributed by atoms with Crippen LogP contribution in [0.15, 0.2) is 0 Å². The number of thioether (sulfide) groups is 1. The molecule has 1 unspecified atom stereocenters. The first-order chi connectivity index (χ1) is 4.31. The summed E-state index contributed by atoms with van der Waals surface area (Å²) in [6, 6.07) is 0. The van der Waals surface area contributed by atoms with Crippen molar-refractivity contribution >= 4 is 11.8 Å². The molecule has 2 saturated heterocycles. The Morgan fingerprint density at radius 1 is 1.56 bits per heavy atom. The highest BCUT2D eigenvalue weighted by atomic mass is 32.2. The summed E-state index contributed by atoms with van der Waals surface area (Å²) in [6.07, 6.45) is 1.91. The molecule has 0 aromatic rings. The fourth-order valence-electron chi connectivity index (χ4n) is 1.40. The molecule has 1 atom stereocenters. The lowest BCUT2D eigenvalue weighted by atomic mass is 9.83. The van der Waals surface area contributed by atoms with Crippen molar-refractivity contribution in [2.24, 2.45) is 5.41 Å². The van der Waals surface area contributed by atoms with Gasteiger partial charge in [-0.15, -0.1) is 0 Å². The zero-order valence-corrected chi connectivity index (χ0v) is 6.54. The van der Waals surface area contributed by atoms with Crippen LogP contribution >= 0.6 is 11.8 Å². The third kappa shape index (κ3) is 0.802. The van der Waals surface area contributed by atoms with Crippen molar-refractivity contribution in [3.05, 3.63) is 0 Å². The first-order valence-electron chi connectivity index (χ1n) is 3.51. The summed E-state index contributed by atoms with van der Waals surface area (Å²) in [5.41, 5.74) is 0.558. The summed E-state index contributed by atoms with van der Waals surface area (Å²) in [7, 11) is 0. The first-order valence-corrected chi connectivity index (χ1v) is 4.66. The Morgan fingerprint density at radius 2 is 2.22 bits per heavy atom. The zero-order chi connectivity index (χ0) is 6.32. The minimum atomic E-state index is 0.558. The molecule has 2 aliphatic rings. The first kappa shape index (κ1) is 6.05. The van der Waals surface area contributed by atoms with Gasteiger partial charge in [0.2, 0.25) is 0 Å². The van der Waals surface area contributed by atoms with Gasteiger partial charge in [0, 0.05) is 23.5 Å².